The number of carbonyl (C=O) groups excluding carboxylic acids is 1. The number of nitrogens with two attached hydrogens (primary N) is 1. The van der Waals surface area contributed by atoms with Gasteiger partial charge in [0, 0.05) is 12.1 Å². The molecule has 0 aliphatic rings. The van der Waals surface area contributed by atoms with Crippen molar-refractivity contribution >= 4 is 11.9 Å². The number of benzene rings is 1. The second kappa shape index (κ2) is 6.89. The number of aliphatic carboxylic acids is 1. The molecule has 5 heteroatoms. The van der Waals surface area contributed by atoms with Gasteiger partial charge in [0.05, 0.1) is 12.3 Å². The summed E-state index contributed by atoms with van der Waals surface area (Å²) in [7, 11) is 0. The second-order valence-electron chi connectivity index (χ2n) is 4.73. The van der Waals surface area contributed by atoms with E-state index in [0.29, 0.717) is 0 Å². The lowest BCUT2D eigenvalue weighted by Crippen LogP contribution is -2.41. The average molecular weight is 264 g/mol. The highest BCUT2D eigenvalue weighted by Crippen LogP contribution is 2.19. The predicted molar refractivity (Wildman–Crippen MR) is 72.4 cm³/mol. The molecule has 104 valence electrons. The van der Waals surface area contributed by atoms with Crippen molar-refractivity contribution in [2.45, 2.75) is 32.4 Å². The number of carboxylic acid groups (broad SMARTS) is 1. The zero-order valence-corrected chi connectivity index (χ0v) is 11.2. The molecule has 1 aromatic rings. The van der Waals surface area contributed by atoms with Crippen molar-refractivity contribution in [1.29, 1.82) is 0 Å². The largest absolute Gasteiger partial charge is 0.481 e. The third-order valence-corrected chi connectivity index (χ3v) is 3.01. The van der Waals surface area contributed by atoms with Crippen molar-refractivity contribution < 1.29 is 14.7 Å². The first-order valence-corrected chi connectivity index (χ1v) is 6.24. The summed E-state index contributed by atoms with van der Waals surface area (Å²) in [5, 5.41) is 11.3. The molecular formula is C14H20N2O3. The Hall–Kier alpha value is -1.88. The first-order valence-electron chi connectivity index (χ1n) is 6.24. The van der Waals surface area contributed by atoms with E-state index in [4.69, 9.17) is 10.8 Å². The van der Waals surface area contributed by atoms with Crippen LogP contribution in [-0.2, 0) is 9.59 Å². The van der Waals surface area contributed by atoms with Crippen LogP contribution in [0.4, 0.5) is 0 Å². The number of amides is 1. The van der Waals surface area contributed by atoms with Crippen LogP contribution in [0.2, 0.25) is 0 Å². The van der Waals surface area contributed by atoms with Crippen molar-refractivity contribution in [3.63, 3.8) is 0 Å². The van der Waals surface area contributed by atoms with E-state index in [1.807, 2.05) is 30.3 Å². The normalized spacial score (nSPS) is 15.3. The molecule has 0 aromatic heterocycles. The SMILES string of the molecule is CC(CC(=O)O)NC(=O)C(C)C(N)c1ccccc1. The third-order valence-electron chi connectivity index (χ3n) is 3.01. The van der Waals surface area contributed by atoms with Gasteiger partial charge in [-0.25, -0.2) is 0 Å². The topological polar surface area (TPSA) is 92.4 Å². The van der Waals surface area contributed by atoms with Gasteiger partial charge in [0.25, 0.3) is 0 Å². The number of hydrogen-bond acceptors (Lipinski definition) is 3. The minimum Gasteiger partial charge on any atom is -0.481 e. The molecule has 0 saturated carbocycles. The zero-order chi connectivity index (χ0) is 14.4. The monoisotopic (exact) mass is 264 g/mol. The Kier molecular flexibility index (Phi) is 5.51. The molecule has 5 nitrogen and oxygen atoms in total. The van der Waals surface area contributed by atoms with E-state index in [1.54, 1.807) is 13.8 Å². The zero-order valence-electron chi connectivity index (χ0n) is 11.2. The highest BCUT2D eigenvalue weighted by Gasteiger charge is 2.23. The van der Waals surface area contributed by atoms with Gasteiger partial charge in [-0.3, -0.25) is 9.59 Å². The Bertz CT molecular complexity index is 434. The molecule has 1 aromatic carbocycles. The molecule has 1 amide bonds. The number of carboxylic acids is 1. The van der Waals surface area contributed by atoms with E-state index in [2.05, 4.69) is 5.32 Å². The first-order chi connectivity index (χ1) is 8.91. The van der Waals surface area contributed by atoms with Gasteiger partial charge in [0.15, 0.2) is 0 Å². The Morgan fingerprint density at radius 2 is 1.84 bits per heavy atom. The highest BCUT2D eigenvalue weighted by molar-refractivity contribution is 5.80. The summed E-state index contributed by atoms with van der Waals surface area (Å²) in [6.45, 7) is 3.40. The molecular weight excluding hydrogens is 244 g/mol. The maximum Gasteiger partial charge on any atom is 0.305 e. The lowest BCUT2D eigenvalue weighted by Gasteiger charge is -2.21. The summed E-state index contributed by atoms with van der Waals surface area (Å²) in [5.74, 6) is -1.59. The average Bonchev–Trinajstić information content (AvgIpc) is 2.36. The summed E-state index contributed by atoms with van der Waals surface area (Å²) in [6, 6.07) is 8.55. The van der Waals surface area contributed by atoms with Crippen LogP contribution in [0.25, 0.3) is 0 Å². The molecule has 0 saturated heterocycles. The van der Waals surface area contributed by atoms with Crippen LogP contribution in [0, 0.1) is 5.92 Å². The lowest BCUT2D eigenvalue weighted by atomic mass is 9.94. The Morgan fingerprint density at radius 1 is 1.26 bits per heavy atom. The van der Waals surface area contributed by atoms with E-state index in [-0.39, 0.29) is 12.3 Å². The summed E-state index contributed by atoms with van der Waals surface area (Å²) >= 11 is 0. The van der Waals surface area contributed by atoms with E-state index >= 15 is 0 Å². The van der Waals surface area contributed by atoms with E-state index < -0.39 is 24.0 Å². The fourth-order valence-electron chi connectivity index (χ4n) is 1.81. The van der Waals surface area contributed by atoms with Crippen LogP contribution in [0.1, 0.15) is 31.9 Å². The summed E-state index contributed by atoms with van der Waals surface area (Å²) in [5.41, 5.74) is 6.92. The van der Waals surface area contributed by atoms with Crippen LogP contribution in [0.3, 0.4) is 0 Å². The fourth-order valence-corrected chi connectivity index (χ4v) is 1.81. The molecule has 0 aliphatic heterocycles. The quantitative estimate of drug-likeness (QED) is 0.722. The molecule has 0 spiro atoms. The van der Waals surface area contributed by atoms with Gasteiger partial charge in [-0.2, -0.15) is 0 Å². The van der Waals surface area contributed by atoms with Crippen molar-refractivity contribution in [3.8, 4) is 0 Å². The third kappa shape index (κ3) is 4.71. The molecule has 0 aliphatic carbocycles. The molecule has 3 atom stereocenters. The molecule has 0 fully saturated rings. The van der Waals surface area contributed by atoms with Gasteiger partial charge < -0.3 is 16.2 Å². The minimum absolute atomic E-state index is 0.0982. The standard InChI is InChI=1S/C14H20N2O3/c1-9(8-12(17)18)16-14(19)10(2)13(15)11-6-4-3-5-7-11/h3-7,9-10,13H,8,15H2,1-2H3,(H,16,19)(H,17,18). The molecule has 0 bridgehead atoms. The number of nitrogens with one attached hydrogen (secondary N) is 1. The second-order valence-corrected chi connectivity index (χ2v) is 4.73. The summed E-state index contributed by atoms with van der Waals surface area (Å²) in [6.07, 6.45) is -0.0982. The van der Waals surface area contributed by atoms with E-state index in [9.17, 15) is 9.59 Å². The van der Waals surface area contributed by atoms with Gasteiger partial charge in [-0.15, -0.1) is 0 Å². The van der Waals surface area contributed by atoms with Crippen LogP contribution < -0.4 is 11.1 Å². The molecule has 4 N–H and O–H groups in total. The van der Waals surface area contributed by atoms with Crippen molar-refractivity contribution in [2.24, 2.45) is 11.7 Å². The van der Waals surface area contributed by atoms with Crippen molar-refractivity contribution in [2.75, 3.05) is 0 Å². The van der Waals surface area contributed by atoms with Crippen LogP contribution >= 0.6 is 0 Å². The van der Waals surface area contributed by atoms with E-state index in [0.717, 1.165) is 5.56 Å². The number of carbonyl (C=O) groups is 2. The Balaban J connectivity index is 2.59. The highest BCUT2D eigenvalue weighted by atomic mass is 16.4. The number of hydrogen-bond donors (Lipinski definition) is 3. The van der Waals surface area contributed by atoms with E-state index in [1.165, 1.54) is 0 Å². The van der Waals surface area contributed by atoms with Crippen LogP contribution in [0.5, 0.6) is 0 Å². The van der Waals surface area contributed by atoms with Gasteiger partial charge in [-0.1, -0.05) is 37.3 Å². The van der Waals surface area contributed by atoms with Gasteiger partial charge >= 0.3 is 5.97 Å². The van der Waals surface area contributed by atoms with Crippen LogP contribution in [0.15, 0.2) is 30.3 Å². The summed E-state index contributed by atoms with van der Waals surface area (Å²) < 4.78 is 0. The molecule has 3 unspecified atom stereocenters. The molecule has 19 heavy (non-hydrogen) atoms. The van der Waals surface area contributed by atoms with Gasteiger partial charge in [-0.05, 0) is 12.5 Å². The minimum atomic E-state index is -0.937. The lowest BCUT2D eigenvalue weighted by molar-refractivity contribution is -0.137. The van der Waals surface area contributed by atoms with Crippen molar-refractivity contribution in [1.82, 2.24) is 5.32 Å². The smallest absolute Gasteiger partial charge is 0.305 e. The van der Waals surface area contributed by atoms with Crippen LogP contribution in [-0.4, -0.2) is 23.0 Å². The maximum atomic E-state index is 12.0. The molecule has 0 radical (unpaired) electrons. The maximum absolute atomic E-state index is 12.0. The Morgan fingerprint density at radius 3 is 2.37 bits per heavy atom. The molecule has 0 heterocycles. The van der Waals surface area contributed by atoms with Crippen molar-refractivity contribution in [3.05, 3.63) is 35.9 Å². The molecule has 1 rings (SSSR count). The fraction of sp³-hybridized carbons (Fsp3) is 0.429. The number of rotatable bonds is 6. The first kappa shape index (κ1) is 15.2. The predicted octanol–water partition coefficient (Wildman–Crippen LogP) is 1.30. The summed E-state index contributed by atoms with van der Waals surface area (Å²) in [4.78, 5) is 22.5. The van der Waals surface area contributed by atoms with Gasteiger partial charge in [0.2, 0.25) is 5.91 Å². The van der Waals surface area contributed by atoms with Gasteiger partial charge in [0.1, 0.15) is 0 Å². The Labute approximate surface area is 112 Å².